The largest absolute Gasteiger partial charge is 0.481 e. The van der Waals surface area contributed by atoms with E-state index in [0.717, 1.165) is 12.1 Å². The van der Waals surface area contributed by atoms with Crippen LogP contribution >= 0.6 is 0 Å². The normalized spacial score (nSPS) is 11.9. The molecule has 1 unspecified atom stereocenters. The number of Topliss-reactive ketones (excluding diaryl/α,β-unsaturated/α-hetero) is 1. The number of carbonyl (C=O) groups excluding carboxylic acids is 2. The van der Waals surface area contributed by atoms with Crippen molar-refractivity contribution in [2.24, 2.45) is 5.73 Å². The van der Waals surface area contributed by atoms with Gasteiger partial charge in [0.05, 0.1) is 6.42 Å². The summed E-state index contributed by atoms with van der Waals surface area (Å²) in [7, 11) is 0. The van der Waals surface area contributed by atoms with E-state index < -0.39 is 35.8 Å². The van der Waals surface area contributed by atoms with Crippen molar-refractivity contribution in [1.82, 2.24) is 29.3 Å². The third kappa shape index (κ3) is 9.33. The number of unbranched alkanes of at least 4 members (excludes halogenated alkanes) is 1. The number of carboxylic acids is 1. The molecule has 268 valence electrons. The minimum atomic E-state index is -1.26. The van der Waals surface area contributed by atoms with E-state index in [2.05, 4.69) is 10.6 Å². The molecule has 0 aliphatic carbocycles. The van der Waals surface area contributed by atoms with Crippen molar-refractivity contribution >= 4 is 34.5 Å². The molecule has 0 bridgehead atoms. The van der Waals surface area contributed by atoms with E-state index in [9.17, 15) is 29.1 Å². The smallest absolute Gasteiger partial charge is 0.332 e. The van der Waals surface area contributed by atoms with Gasteiger partial charge >= 0.3 is 11.7 Å². The Hall–Kier alpha value is -5.08. The number of imidazole rings is 1. The van der Waals surface area contributed by atoms with Crippen molar-refractivity contribution < 1.29 is 19.5 Å². The van der Waals surface area contributed by atoms with Crippen molar-refractivity contribution in [2.45, 2.75) is 84.5 Å². The zero-order valence-corrected chi connectivity index (χ0v) is 28.8. The molecule has 1 atom stereocenters. The molecule has 0 radical (unpaired) electrons. The summed E-state index contributed by atoms with van der Waals surface area (Å²) < 4.78 is 4.69. The fraction of sp³-hybridized carbons (Fsp3) is 0.444. The van der Waals surface area contributed by atoms with Gasteiger partial charge in [0.15, 0.2) is 16.9 Å². The number of carboxylic acid groups (broad SMARTS) is 1. The van der Waals surface area contributed by atoms with Crippen molar-refractivity contribution in [3.8, 4) is 0 Å². The van der Waals surface area contributed by atoms with Gasteiger partial charge in [0.1, 0.15) is 11.9 Å². The molecule has 0 spiro atoms. The van der Waals surface area contributed by atoms with Crippen LogP contribution in [-0.4, -0.2) is 67.1 Å². The first-order valence-electron chi connectivity index (χ1n) is 17.2. The lowest BCUT2D eigenvalue weighted by molar-refractivity contribution is -0.137. The van der Waals surface area contributed by atoms with Crippen molar-refractivity contribution in [2.75, 3.05) is 25.4 Å². The molecule has 2 heterocycles. The molecule has 14 nitrogen and oxygen atoms in total. The van der Waals surface area contributed by atoms with E-state index in [1.807, 2.05) is 48.7 Å². The summed E-state index contributed by atoms with van der Waals surface area (Å²) in [5.74, 6) is -1.56. The van der Waals surface area contributed by atoms with E-state index in [1.165, 1.54) is 21.3 Å². The van der Waals surface area contributed by atoms with Crippen LogP contribution in [0.3, 0.4) is 0 Å². The maximum absolute atomic E-state index is 13.8. The Kier molecular flexibility index (Phi) is 13.6. The third-order valence-electron chi connectivity index (χ3n) is 8.53. The average Bonchev–Trinajstić information content (AvgIpc) is 3.44. The summed E-state index contributed by atoms with van der Waals surface area (Å²) >= 11 is 0. The summed E-state index contributed by atoms with van der Waals surface area (Å²) in [6.45, 7) is 6.62. The van der Waals surface area contributed by atoms with Gasteiger partial charge in [0, 0.05) is 50.3 Å². The number of aryl methyl sites for hydroxylation is 2. The number of nitrogens with zero attached hydrogens (tertiary/aromatic N) is 4. The average molecular weight is 689 g/mol. The number of anilines is 1. The monoisotopic (exact) mass is 688 g/mol. The number of nitrogens with two attached hydrogens (primary N) is 2. The zero-order valence-electron chi connectivity index (χ0n) is 28.8. The highest BCUT2D eigenvalue weighted by Crippen LogP contribution is 2.20. The lowest BCUT2D eigenvalue weighted by Crippen LogP contribution is -2.42. The Morgan fingerprint density at radius 1 is 0.960 bits per heavy atom. The topological polar surface area (TPSA) is 209 Å². The van der Waals surface area contributed by atoms with Crippen molar-refractivity contribution in [3.05, 3.63) is 91.9 Å². The molecule has 1 amide bonds. The van der Waals surface area contributed by atoms with Crippen molar-refractivity contribution in [1.29, 1.82) is 0 Å². The van der Waals surface area contributed by atoms with Gasteiger partial charge in [0.25, 0.3) is 5.56 Å². The number of aromatic nitrogens is 4. The minimum Gasteiger partial charge on any atom is -0.481 e. The van der Waals surface area contributed by atoms with Gasteiger partial charge in [-0.25, -0.2) is 9.78 Å². The molecule has 7 N–H and O–H groups in total. The molecule has 0 saturated carbocycles. The number of ketones is 1. The van der Waals surface area contributed by atoms with Crippen LogP contribution < -0.4 is 33.3 Å². The van der Waals surface area contributed by atoms with E-state index in [1.54, 1.807) is 6.07 Å². The Bertz CT molecular complexity index is 1910. The highest BCUT2D eigenvalue weighted by atomic mass is 16.4. The van der Waals surface area contributed by atoms with Gasteiger partial charge < -0.3 is 31.8 Å². The Labute approximate surface area is 290 Å². The highest BCUT2D eigenvalue weighted by Gasteiger charge is 2.26. The van der Waals surface area contributed by atoms with Gasteiger partial charge in [-0.1, -0.05) is 56.3 Å². The molecule has 4 rings (SSSR count). The van der Waals surface area contributed by atoms with Gasteiger partial charge in [-0.05, 0) is 56.0 Å². The Balaban J connectivity index is 1.67. The number of likely N-dealkylation sites (N-methyl/N-ethyl adjacent to an activating group) is 1. The number of nitrogen functional groups attached to an aromatic ring is 1. The molecular formula is C36H48N8O6. The SMILES string of the molecule is CCCn1c(=O)c2c(nc(Cc3ccccc3)n2CCNCC)n(CCc2ccc(C(=O)C(CC(=O)O)NC(=O)CCCCN)cc2N)c1=O. The van der Waals surface area contributed by atoms with Crippen LogP contribution in [0.25, 0.3) is 11.2 Å². The van der Waals surface area contributed by atoms with E-state index >= 15 is 0 Å². The van der Waals surface area contributed by atoms with E-state index in [-0.39, 0.29) is 42.7 Å². The minimum absolute atomic E-state index is 0.126. The van der Waals surface area contributed by atoms with Gasteiger partial charge in [0.2, 0.25) is 5.91 Å². The summed E-state index contributed by atoms with van der Waals surface area (Å²) in [6.07, 6.45) is 2.05. The number of amides is 1. The zero-order chi connectivity index (χ0) is 36.2. The number of benzene rings is 2. The number of nitrogens with one attached hydrogen (secondary N) is 2. The van der Waals surface area contributed by atoms with Crippen LogP contribution in [0.1, 0.15) is 73.3 Å². The summed E-state index contributed by atoms with van der Waals surface area (Å²) in [4.78, 5) is 69.8. The lowest BCUT2D eigenvalue weighted by atomic mass is 9.98. The number of rotatable bonds is 20. The second kappa shape index (κ2) is 18.1. The molecule has 0 aliphatic rings. The number of carbonyl (C=O) groups is 3. The number of aliphatic carboxylic acids is 1. The molecule has 0 fully saturated rings. The Morgan fingerprint density at radius 3 is 2.38 bits per heavy atom. The third-order valence-corrected chi connectivity index (χ3v) is 8.53. The van der Waals surface area contributed by atoms with Crippen molar-refractivity contribution in [3.63, 3.8) is 0 Å². The molecule has 0 saturated heterocycles. The van der Waals surface area contributed by atoms with Crippen LogP contribution in [0.15, 0.2) is 58.1 Å². The second-order valence-corrected chi connectivity index (χ2v) is 12.3. The van der Waals surface area contributed by atoms with Gasteiger partial charge in [-0.3, -0.25) is 28.3 Å². The second-order valence-electron chi connectivity index (χ2n) is 12.3. The predicted molar refractivity (Wildman–Crippen MR) is 192 cm³/mol. The lowest BCUT2D eigenvalue weighted by Gasteiger charge is -2.17. The molecule has 2 aromatic carbocycles. The number of hydrogen-bond acceptors (Lipinski definition) is 9. The number of fused-ring (bicyclic) bond motifs is 1. The van der Waals surface area contributed by atoms with Gasteiger partial charge in [-0.15, -0.1) is 0 Å². The quantitative estimate of drug-likeness (QED) is 0.0519. The van der Waals surface area contributed by atoms with Crippen LogP contribution in [0.5, 0.6) is 0 Å². The molecular weight excluding hydrogens is 640 g/mol. The summed E-state index contributed by atoms with van der Waals surface area (Å²) in [5, 5.41) is 15.2. The van der Waals surface area contributed by atoms with Crippen LogP contribution in [0.2, 0.25) is 0 Å². The summed E-state index contributed by atoms with van der Waals surface area (Å²) in [5.41, 5.74) is 13.8. The van der Waals surface area contributed by atoms with E-state index in [4.69, 9.17) is 16.5 Å². The molecule has 50 heavy (non-hydrogen) atoms. The van der Waals surface area contributed by atoms with Crippen LogP contribution in [0, 0.1) is 0 Å². The molecule has 4 aromatic rings. The summed E-state index contributed by atoms with van der Waals surface area (Å²) in [6, 6.07) is 13.2. The fourth-order valence-electron chi connectivity index (χ4n) is 5.97. The predicted octanol–water partition coefficient (Wildman–Crippen LogP) is 2.07. The van der Waals surface area contributed by atoms with Gasteiger partial charge in [-0.2, -0.15) is 0 Å². The maximum atomic E-state index is 13.8. The first-order chi connectivity index (χ1) is 24.1. The molecule has 0 aliphatic heterocycles. The fourth-order valence-corrected chi connectivity index (χ4v) is 5.97. The molecule has 2 aromatic heterocycles. The maximum Gasteiger partial charge on any atom is 0.332 e. The van der Waals surface area contributed by atoms with Crippen LogP contribution in [-0.2, 0) is 42.1 Å². The molecule has 14 heteroatoms. The standard InChI is InChI=1S/C36H48N8O6/c1-3-18-44-35(49)32-34(41-29(42(32)20-17-39-4-2)21-24-10-6-5-7-11-24)43(36(44)50)19-15-25-13-14-26(22-27(25)38)33(48)28(23-31(46)47)40-30(45)12-8-9-16-37/h5-7,10-11,13-14,22,28,39H,3-4,8-9,12,15-21,23,37-38H2,1-2H3,(H,40,45)(H,46,47). The highest BCUT2D eigenvalue weighted by molar-refractivity contribution is 6.04. The number of hydrogen-bond donors (Lipinski definition) is 5. The van der Waals surface area contributed by atoms with E-state index in [0.29, 0.717) is 67.9 Å². The van der Waals surface area contributed by atoms with Crippen LogP contribution in [0.4, 0.5) is 5.69 Å². The first kappa shape index (κ1) is 37.7. The Morgan fingerprint density at radius 2 is 1.72 bits per heavy atom. The first-order valence-corrected chi connectivity index (χ1v) is 17.2.